The number of hydrogen-bond acceptors (Lipinski definition) is 6. The normalized spacial score (nSPS) is 18.0. The van der Waals surface area contributed by atoms with E-state index in [2.05, 4.69) is 69.3 Å². The number of carbonyl (C=O) groups excluding carboxylic acids is 2. The third-order valence-electron chi connectivity index (χ3n) is 9.00. The average Bonchev–Trinajstić information content (AvgIpc) is 3.87. The smallest absolute Gasteiger partial charge is 0.410 e. The Balaban J connectivity index is 1.05. The number of H-pyrrole nitrogens is 2. The SMILES string of the molecule is CC(C)(C)OC(=O)N1CCC[C@H]1c1ncc(C#Cc2ccc3cc(-c4ccc5nc([C@@H]6CCCN6C(=O)OC(C)(C)C)[nH]c5c4)ccc3c2)[nH]1. The molecule has 0 unspecified atom stereocenters. The predicted octanol–water partition coefficient (Wildman–Crippen LogP) is 8.65. The summed E-state index contributed by atoms with van der Waals surface area (Å²) in [7, 11) is 0. The van der Waals surface area contributed by atoms with Crippen molar-refractivity contribution in [3.05, 3.63) is 83.7 Å². The molecule has 2 atom stereocenters. The van der Waals surface area contributed by atoms with E-state index in [1.165, 1.54) is 0 Å². The fourth-order valence-corrected chi connectivity index (χ4v) is 6.76. The Labute approximate surface area is 292 Å². The molecule has 0 radical (unpaired) electrons. The molecule has 2 amide bonds. The molecular formula is C40H44N6O4. The topological polar surface area (TPSA) is 116 Å². The number of fused-ring (bicyclic) bond motifs is 2. The van der Waals surface area contributed by atoms with E-state index in [1.807, 2.05) is 53.7 Å². The van der Waals surface area contributed by atoms with E-state index in [0.29, 0.717) is 18.8 Å². The molecule has 2 aliphatic heterocycles. The molecule has 5 aromatic rings. The third-order valence-corrected chi connectivity index (χ3v) is 9.00. The Kier molecular flexibility index (Phi) is 8.54. The van der Waals surface area contributed by atoms with Crippen LogP contribution in [0.3, 0.4) is 0 Å². The monoisotopic (exact) mass is 672 g/mol. The van der Waals surface area contributed by atoms with Gasteiger partial charge in [0.2, 0.25) is 0 Å². The van der Waals surface area contributed by atoms with Gasteiger partial charge in [0, 0.05) is 18.7 Å². The number of aromatic amines is 2. The first-order valence-electron chi connectivity index (χ1n) is 17.4. The summed E-state index contributed by atoms with van der Waals surface area (Å²) in [5, 5.41) is 2.21. The van der Waals surface area contributed by atoms with Crippen molar-refractivity contribution in [1.29, 1.82) is 0 Å². The lowest BCUT2D eigenvalue weighted by atomic mass is 9.99. The van der Waals surface area contributed by atoms with E-state index in [9.17, 15) is 9.59 Å². The number of ether oxygens (including phenoxy) is 2. The van der Waals surface area contributed by atoms with Crippen LogP contribution in [-0.2, 0) is 9.47 Å². The number of imidazole rings is 2. The zero-order valence-corrected chi connectivity index (χ0v) is 29.6. The maximum absolute atomic E-state index is 12.9. The number of hydrogen-bond donors (Lipinski definition) is 2. The second-order valence-electron chi connectivity index (χ2n) is 15.2. The first kappa shape index (κ1) is 33.2. The van der Waals surface area contributed by atoms with Crippen molar-refractivity contribution in [1.82, 2.24) is 29.7 Å². The molecule has 0 saturated carbocycles. The van der Waals surface area contributed by atoms with Crippen molar-refractivity contribution in [3.63, 3.8) is 0 Å². The molecule has 0 aliphatic carbocycles. The third kappa shape index (κ3) is 7.18. The number of likely N-dealkylation sites (tertiary alicyclic amines) is 2. The van der Waals surface area contributed by atoms with Gasteiger partial charge < -0.3 is 19.4 Å². The van der Waals surface area contributed by atoms with Gasteiger partial charge in [-0.05, 0) is 125 Å². The van der Waals surface area contributed by atoms with Gasteiger partial charge >= 0.3 is 12.2 Å². The van der Waals surface area contributed by atoms with E-state index in [-0.39, 0.29) is 24.3 Å². The van der Waals surface area contributed by atoms with Crippen LogP contribution < -0.4 is 0 Å². The van der Waals surface area contributed by atoms with Crippen molar-refractivity contribution >= 4 is 34.0 Å². The molecule has 0 bridgehead atoms. The van der Waals surface area contributed by atoms with Crippen LogP contribution in [-0.4, -0.2) is 66.2 Å². The number of nitrogens with one attached hydrogen (secondary N) is 2. The minimum Gasteiger partial charge on any atom is -0.444 e. The summed E-state index contributed by atoms with van der Waals surface area (Å²) >= 11 is 0. The maximum Gasteiger partial charge on any atom is 0.410 e. The standard InChI is InChI=1S/C40H44N6O4/c1-39(2,3)49-37(47)45-19-7-9-33(45)35-41-24-30(42-35)17-12-25-11-13-27-22-28(15-14-26(27)21-25)29-16-18-31-32(23-29)44-36(43-31)34-10-8-20-46(34)38(48)50-40(4,5)6/h11,13-16,18,21-24,33-34H,7-10,19-20H2,1-6H3,(H,41,42)(H,43,44)/t33-,34-/m0/s1. The number of benzene rings is 3. The molecule has 50 heavy (non-hydrogen) atoms. The molecule has 2 aromatic heterocycles. The van der Waals surface area contributed by atoms with Crippen molar-refractivity contribution in [2.75, 3.05) is 13.1 Å². The lowest BCUT2D eigenvalue weighted by Gasteiger charge is -2.27. The van der Waals surface area contributed by atoms with Crippen molar-refractivity contribution < 1.29 is 19.1 Å². The Hall–Kier alpha value is -5.30. The zero-order valence-electron chi connectivity index (χ0n) is 29.6. The summed E-state index contributed by atoms with van der Waals surface area (Å²) in [6.07, 6.45) is 4.61. The van der Waals surface area contributed by atoms with Gasteiger partial charge in [-0.3, -0.25) is 9.80 Å². The Morgan fingerprint density at radius 3 is 2.02 bits per heavy atom. The van der Waals surface area contributed by atoms with Gasteiger partial charge in [0.15, 0.2) is 0 Å². The molecule has 2 fully saturated rings. The molecule has 2 aliphatic rings. The molecule has 2 saturated heterocycles. The van der Waals surface area contributed by atoms with Gasteiger partial charge in [0.1, 0.15) is 28.5 Å². The number of aromatic nitrogens is 4. The van der Waals surface area contributed by atoms with Gasteiger partial charge in [0.05, 0.1) is 29.3 Å². The Bertz CT molecular complexity index is 2140. The van der Waals surface area contributed by atoms with Crippen molar-refractivity contribution in [2.45, 2.75) is 90.5 Å². The van der Waals surface area contributed by atoms with Crippen LogP contribution >= 0.6 is 0 Å². The fourth-order valence-electron chi connectivity index (χ4n) is 6.76. The second kappa shape index (κ2) is 12.9. The van der Waals surface area contributed by atoms with Gasteiger partial charge in [-0.2, -0.15) is 0 Å². The van der Waals surface area contributed by atoms with E-state index in [1.54, 1.807) is 16.0 Å². The van der Waals surface area contributed by atoms with Crippen LogP contribution in [0.2, 0.25) is 0 Å². The number of amides is 2. The van der Waals surface area contributed by atoms with Crippen LogP contribution in [0.1, 0.15) is 102 Å². The van der Waals surface area contributed by atoms with Crippen molar-refractivity contribution in [2.24, 2.45) is 0 Å². The highest BCUT2D eigenvalue weighted by Crippen LogP contribution is 2.35. The van der Waals surface area contributed by atoms with Crippen molar-refractivity contribution in [3.8, 4) is 23.0 Å². The van der Waals surface area contributed by atoms with Gasteiger partial charge in [-0.25, -0.2) is 19.6 Å². The predicted molar refractivity (Wildman–Crippen MR) is 193 cm³/mol. The molecule has 10 nitrogen and oxygen atoms in total. The lowest BCUT2D eigenvalue weighted by molar-refractivity contribution is 0.0208. The van der Waals surface area contributed by atoms with Crippen LogP contribution in [0, 0.1) is 11.8 Å². The molecule has 2 N–H and O–H groups in total. The average molecular weight is 673 g/mol. The minimum absolute atomic E-state index is 0.129. The minimum atomic E-state index is -0.547. The molecule has 0 spiro atoms. The zero-order chi connectivity index (χ0) is 35.2. The highest BCUT2D eigenvalue weighted by molar-refractivity contribution is 5.90. The quantitative estimate of drug-likeness (QED) is 0.185. The van der Waals surface area contributed by atoms with Gasteiger partial charge in [0.25, 0.3) is 0 Å². The molecule has 4 heterocycles. The van der Waals surface area contributed by atoms with E-state index >= 15 is 0 Å². The molecule has 7 rings (SSSR count). The summed E-state index contributed by atoms with van der Waals surface area (Å²) in [5.41, 5.74) is 4.50. The summed E-state index contributed by atoms with van der Waals surface area (Å²) in [6.45, 7) is 12.6. The maximum atomic E-state index is 12.9. The molecule has 3 aromatic carbocycles. The van der Waals surface area contributed by atoms with E-state index in [4.69, 9.17) is 14.5 Å². The molecule has 10 heteroatoms. The second-order valence-corrected chi connectivity index (χ2v) is 15.2. The molecular weight excluding hydrogens is 628 g/mol. The largest absolute Gasteiger partial charge is 0.444 e. The first-order chi connectivity index (χ1) is 23.8. The lowest BCUT2D eigenvalue weighted by Crippen LogP contribution is -2.36. The van der Waals surface area contributed by atoms with E-state index in [0.717, 1.165) is 75.8 Å². The summed E-state index contributed by atoms with van der Waals surface area (Å²) in [6, 6.07) is 18.6. The summed E-state index contributed by atoms with van der Waals surface area (Å²) < 4.78 is 11.3. The van der Waals surface area contributed by atoms with Gasteiger partial charge in [-0.15, -0.1) is 0 Å². The number of carbonyl (C=O) groups is 2. The fraction of sp³-hybridized carbons (Fsp3) is 0.400. The van der Waals surface area contributed by atoms with Crippen LogP contribution in [0.25, 0.3) is 32.9 Å². The Morgan fingerprint density at radius 1 is 0.740 bits per heavy atom. The first-order valence-corrected chi connectivity index (χ1v) is 17.4. The van der Waals surface area contributed by atoms with Crippen LogP contribution in [0.5, 0.6) is 0 Å². The number of nitrogens with zero attached hydrogens (tertiary/aromatic N) is 4. The van der Waals surface area contributed by atoms with Crippen LogP contribution in [0.4, 0.5) is 9.59 Å². The van der Waals surface area contributed by atoms with E-state index < -0.39 is 11.2 Å². The highest BCUT2D eigenvalue weighted by atomic mass is 16.6. The molecule has 258 valence electrons. The van der Waals surface area contributed by atoms with Crippen LogP contribution in [0.15, 0.2) is 60.8 Å². The Morgan fingerprint density at radius 2 is 1.34 bits per heavy atom. The number of rotatable bonds is 3. The van der Waals surface area contributed by atoms with Gasteiger partial charge in [-0.1, -0.05) is 30.2 Å². The summed E-state index contributed by atoms with van der Waals surface area (Å²) in [4.78, 5) is 45.4. The highest BCUT2D eigenvalue weighted by Gasteiger charge is 2.36. The summed E-state index contributed by atoms with van der Waals surface area (Å²) in [5.74, 6) is 7.99.